The molecule has 0 unspecified atom stereocenters. The highest BCUT2D eigenvalue weighted by molar-refractivity contribution is 6.71. The van der Waals surface area contributed by atoms with Crippen LogP contribution >= 0.6 is 0 Å². The summed E-state index contributed by atoms with van der Waals surface area (Å²) >= 11 is 0. The van der Waals surface area contributed by atoms with Crippen molar-refractivity contribution in [2.24, 2.45) is 10.1 Å². The zero-order valence-corrected chi connectivity index (χ0v) is 20.5. The summed E-state index contributed by atoms with van der Waals surface area (Å²) in [5.41, 5.74) is 3.76. The third kappa shape index (κ3) is 6.12. The Balaban J connectivity index is 1.88. The van der Waals surface area contributed by atoms with Crippen molar-refractivity contribution in [2.45, 2.75) is 40.5 Å². The van der Waals surface area contributed by atoms with Gasteiger partial charge in [0.2, 0.25) is 0 Å². The Kier molecular flexibility index (Phi) is 8.51. The Morgan fingerprint density at radius 3 is 2.28 bits per heavy atom. The third-order valence-electron chi connectivity index (χ3n) is 5.29. The molecule has 0 spiro atoms. The Morgan fingerprint density at radius 1 is 1.08 bits per heavy atom. The number of rotatable bonds is 11. The van der Waals surface area contributed by atoms with Crippen LogP contribution in [0.4, 0.5) is 17.1 Å². The van der Waals surface area contributed by atoms with Crippen LogP contribution in [0.25, 0.3) is 0 Å². The summed E-state index contributed by atoms with van der Waals surface area (Å²) < 4.78 is 0. The lowest BCUT2D eigenvalue weighted by Crippen LogP contribution is -2.27. The van der Waals surface area contributed by atoms with Gasteiger partial charge in [0.05, 0.1) is 47.9 Å². The summed E-state index contributed by atoms with van der Waals surface area (Å²) in [7, 11) is 0. The van der Waals surface area contributed by atoms with E-state index in [1.165, 1.54) is 34.3 Å². The Labute approximate surface area is 208 Å². The Morgan fingerprint density at radius 2 is 1.72 bits per heavy atom. The summed E-state index contributed by atoms with van der Waals surface area (Å²) in [4.78, 5) is 50.4. The molecule has 1 amide bonds. The van der Waals surface area contributed by atoms with Gasteiger partial charge in [-0.1, -0.05) is 6.92 Å². The minimum absolute atomic E-state index is 0.0751. The van der Waals surface area contributed by atoms with Gasteiger partial charge < -0.3 is 10.2 Å². The molecule has 0 saturated heterocycles. The molecule has 1 heterocycles. The number of aryl methyl sites for hydroxylation is 2. The maximum absolute atomic E-state index is 13.1. The van der Waals surface area contributed by atoms with E-state index in [4.69, 9.17) is 20.1 Å². The molecule has 11 heteroatoms. The van der Waals surface area contributed by atoms with E-state index in [2.05, 4.69) is 10.1 Å². The van der Waals surface area contributed by atoms with Crippen molar-refractivity contribution in [2.75, 3.05) is 23.2 Å². The van der Waals surface area contributed by atoms with Crippen molar-refractivity contribution in [3.8, 4) is 0 Å². The second-order valence-electron chi connectivity index (χ2n) is 8.19. The van der Waals surface area contributed by atoms with E-state index < -0.39 is 17.8 Å². The fraction of sp³-hybridized carbons (Fsp3) is 0.320. The number of aromatic carboxylic acids is 1. The molecule has 0 atom stereocenters. The molecule has 3 rings (SSSR count). The fourth-order valence-electron chi connectivity index (χ4n) is 3.50. The molecule has 0 fully saturated rings. The lowest BCUT2D eigenvalue weighted by Gasteiger charge is -2.23. The predicted molar refractivity (Wildman–Crippen MR) is 134 cm³/mol. The van der Waals surface area contributed by atoms with Gasteiger partial charge in [-0.15, -0.1) is 4.99 Å². The van der Waals surface area contributed by atoms with Gasteiger partial charge in [-0.05, 0) is 74.7 Å². The zero-order valence-electron chi connectivity index (χ0n) is 20.5. The van der Waals surface area contributed by atoms with E-state index in [-0.39, 0.29) is 24.2 Å². The highest BCUT2D eigenvalue weighted by Gasteiger charge is 2.31. The molecule has 2 aromatic carbocycles. The molecular weight excluding hydrogens is 468 g/mol. The molecule has 36 heavy (non-hydrogen) atoms. The molecule has 0 aromatic heterocycles. The minimum atomic E-state index is -1.06. The SMILES string of the molecule is CCCOON(CCC(=O)O)c1cc(C)c(N=C2C(=O)N(c3ccc(C(=O)O)cc3)N=C2C)c(C)c1. The maximum atomic E-state index is 13.1. The number of aliphatic carboxylic acids is 1. The molecule has 0 aliphatic carbocycles. The molecule has 0 radical (unpaired) electrons. The lowest BCUT2D eigenvalue weighted by atomic mass is 10.1. The molecule has 190 valence electrons. The first-order chi connectivity index (χ1) is 17.1. The number of carbonyl (C=O) groups excluding carboxylic acids is 1. The first kappa shape index (κ1) is 26.5. The van der Waals surface area contributed by atoms with Crippen molar-refractivity contribution in [1.82, 2.24) is 0 Å². The van der Waals surface area contributed by atoms with Gasteiger partial charge in [0.25, 0.3) is 5.91 Å². The highest BCUT2D eigenvalue weighted by atomic mass is 17.3. The molecule has 0 saturated carbocycles. The van der Waals surface area contributed by atoms with E-state index >= 15 is 0 Å². The second kappa shape index (κ2) is 11.6. The number of hydrogen-bond donors (Lipinski definition) is 2. The number of nitrogens with zero attached hydrogens (tertiary/aromatic N) is 4. The van der Waals surface area contributed by atoms with Crippen LogP contribution in [-0.2, 0) is 19.5 Å². The lowest BCUT2D eigenvalue weighted by molar-refractivity contribution is -0.304. The number of carboxylic acid groups (broad SMARTS) is 2. The van der Waals surface area contributed by atoms with Gasteiger partial charge in [-0.2, -0.15) is 10.1 Å². The number of benzene rings is 2. The summed E-state index contributed by atoms with van der Waals surface area (Å²) in [5.74, 6) is -2.46. The Hall–Kier alpha value is -4.09. The van der Waals surface area contributed by atoms with E-state index in [0.717, 1.165) is 17.5 Å². The van der Waals surface area contributed by atoms with E-state index in [0.29, 0.717) is 29.4 Å². The van der Waals surface area contributed by atoms with Gasteiger partial charge in [0.15, 0.2) is 5.71 Å². The first-order valence-electron chi connectivity index (χ1n) is 11.3. The maximum Gasteiger partial charge on any atom is 0.335 e. The summed E-state index contributed by atoms with van der Waals surface area (Å²) in [6.07, 6.45) is 0.585. The van der Waals surface area contributed by atoms with Gasteiger partial charge in [0, 0.05) is 0 Å². The molecule has 11 nitrogen and oxygen atoms in total. The first-order valence-corrected chi connectivity index (χ1v) is 11.3. The van der Waals surface area contributed by atoms with Crippen molar-refractivity contribution < 1.29 is 34.5 Å². The van der Waals surface area contributed by atoms with Crippen LogP contribution in [-0.4, -0.2) is 52.6 Å². The van der Waals surface area contributed by atoms with Crippen LogP contribution in [0.15, 0.2) is 46.5 Å². The van der Waals surface area contributed by atoms with Crippen LogP contribution in [0.3, 0.4) is 0 Å². The zero-order chi connectivity index (χ0) is 26.4. The number of hydroxylamine groups is 1. The van der Waals surface area contributed by atoms with Crippen molar-refractivity contribution in [1.29, 1.82) is 0 Å². The number of carboxylic acids is 2. The van der Waals surface area contributed by atoms with Crippen LogP contribution < -0.4 is 10.1 Å². The number of anilines is 2. The molecule has 2 N–H and O–H groups in total. The van der Waals surface area contributed by atoms with Gasteiger partial charge in [-0.25, -0.2) is 19.7 Å². The van der Waals surface area contributed by atoms with Gasteiger partial charge in [0.1, 0.15) is 0 Å². The molecule has 1 aliphatic heterocycles. The molecule has 0 bridgehead atoms. The van der Waals surface area contributed by atoms with Crippen molar-refractivity contribution >= 4 is 46.3 Å². The number of amides is 1. The van der Waals surface area contributed by atoms with Crippen LogP contribution in [0, 0.1) is 13.8 Å². The summed E-state index contributed by atoms with van der Waals surface area (Å²) in [5, 5.41) is 25.0. The summed E-state index contributed by atoms with van der Waals surface area (Å²) in [6, 6.07) is 9.38. The number of hydrazone groups is 1. The largest absolute Gasteiger partial charge is 0.481 e. The predicted octanol–water partition coefficient (Wildman–Crippen LogP) is 4.05. The molecule has 2 aromatic rings. The van der Waals surface area contributed by atoms with E-state index in [1.54, 1.807) is 19.1 Å². The molecule has 1 aliphatic rings. The highest BCUT2D eigenvalue weighted by Crippen LogP contribution is 2.31. The van der Waals surface area contributed by atoms with Crippen molar-refractivity contribution in [3.05, 3.63) is 53.1 Å². The Bertz CT molecular complexity index is 1200. The minimum Gasteiger partial charge on any atom is -0.481 e. The van der Waals surface area contributed by atoms with E-state index in [1.807, 2.05) is 20.8 Å². The standard InChI is InChI=1S/C25H28N4O7/c1-5-12-35-36-28(11-10-21(30)31)20-13-15(2)22(16(3)14-20)26-23-17(4)27-29(24(23)32)19-8-6-18(7-9-19)25(33)34/h6-9,13-14H,5,10-12H2,1-4H3,(H,30,31)(H,33,34). The van der Waals surface area contributed by atoms with Gasteiger partial charge >= 0.3 is 11.9 Å². The van der Waals surface area contributed by atoms with Crippen LogP contribution in [0.5, 0.6) is 0 Å². The second-order valence-corrected chi connectivity index (χ2v) is 8.19. The van der Waals surface area contributed by atoms with Crippen LogP contribution in [0.1, 0.15) is 48.2 Å². The number of aliphatic imine (C=N–C) groups is 1. The van der Waals surface area contributed by atoms with Gasteiger partial charge in [-0.3, -0.25) is 9.59 Å². The monoisotopic (exact) mass is 496 g/mol. The fourth-order valence-corrected chi connectivity index (χ4v) is 3.50. The molecular formula is C25H28N4O7. The number of carbonyl (C=O) groups is 3. The smallest absolute Gasteiger partial charge is 0.335 e. The third-order valence-corrected chi connectivity index (χ3v) is 5.29. The summed E-state index contributed by atoms with van der Waals surface area (Å²) in [6.45, 7) is 7.68. The topological polar surface area (TPSA) is 141 Å². The number of hydrogen-bond acceptors (Lipinski definition) is 8. The normalized spacial score (nSPS) is 14.3. The van der Waals surface area contributed by atoms with Crippen LogP contribution in [0.2, 0.25) is 0 Å². The quantitative estimate of drug-likeness (QED) is 0.270. The average Bonchev–Trinajstić information content (AvgIpc) is 3.11. The van der Waals surface area contributed by atoms with Crippen molar-refractivity contribution in [3.63, 3.8) is 0 Å². The average molecular weight is 497 g/mol. The van der Waals surface area contributed by atoms with E-state index in [9.17, 15) is 14.4 Å².